The van der Waals surface area contributed by atoms with Crippen molar-refractivity contribution in [2.45, 2.75) is 6.54 Å². The SMILES string of the molecule is COc1ccc(Cn2ccnc2C=Cc2ccc([N+](=O)[O-])o2)cc1OC. The molecular weight excluding hydrogens is 338 g/mol. The van der Waals surface area contributed by atoms with Gasteiger partial charge >= 0.3 is 5.88 Å². The van der Waals surface area contributed by atoms with Gasteiger partial charge in [-0.3, -0.25) is 10.1 Å². The topological polar surface area (TPSA) is 92.6 Å². The molecule has 0 spiro atoms. The number of furan rings is 1. The summed E-state index contributed by atoms with van der Waals surface area (Å²) in [5.74, 6) is 2.11. The molecule has 0 radical (unpaired) electrons. The summed E-state index contributed by atoms with van der Waals surface area (Å²) in [5.41, 5.74) is 1.02. The average Bonchev–Trinajstić information content (AvgIpc) is 3.29. The fourth-order valence-electron chi connectivity index (χ4n) is 2.48. The van der Waals surface area contributed by atoms with Crippen LogP contribution in [0.4, 0.5) is 5.88 Å². The van der Waals surface area contributed by atoms with E-state index in [9.17, 15) is 10.1 Å². The normalized spacial score (nSPS) is 11.0. The van der Waals surface area contributed by atoms with Gasteiger partial charge in [0.1, 0.15) is 16.5 Å². The van der Waals surface area contributed by atoms with Crippen molar-refractivity contribution >= 4 is 18.0 Å². The Hall–Kier alpha value is -3.55. The van der Waals surface area contributed by atoms with Crippen LogP contribution >= 0.6 is 0 Å². The number of rotatable bonds is 7. The van der Waals surface area contributed by atoms with E-state index in [1.54, 1.807) is 32.6 Å². The van der Waals surface area contributed by atoms with Crippen LogP contribution in [-0.2, 0) is 6.54 Å². The third-order valence-corrected chi connectivity index (χ3v) is 3.74. The third kappa shape index (κ3) is 3.75. The Bertz CT molecular complexity index is 942. The largest absolute Gasteiger partial charge is 0.493 e. The quantitative estimate of drug-likeness (QED) is 0.475. The van der Waals surface area contributed by atoms with Crippen molar-refractivity contribution in [1.82, 2.24) is 9.55 Å². The zero-order chi connectivity index (χ0) is 18.5. The van der Waals surface area contributed by atoms with Crippen LogP contribution in [0.5, 0.6) is 11.5 Å². The van der Waals surface area contributed by atoms with Crippen molar-refractivity contribution in [2.75, 3.05) is 14.2 Å². The predicted molar refractivity (Wildman–Crippen MR) is 95.2 cm³/mol. The maximum atomic E-state index is 10.7. The van der Waals surface area contributed by atoms with E-state index < -0.39 is 4.92 Å². The van der Waals surface area contributed by atoms with Crippen LogP contribution in [0.1, 0.15) is 17.1 Å². The van der Waals surface area contributed by atoms with E-state index in [1.807, 2.05) is 29.0 Å². The third-order valence-electron chi connectivity index (χ3n) is 3.74. The van der Waals surface area contributed by atoms with E-state index in [-0.39, 0.29) is 5.88 Å². The van der Waals surface area contributed by atoms with E-state index in [4.69, 9.17) is 13.9 Å². The van der Waals surface area contributed by atoms with Gasteiger partial charge in [0.05, 0.1) is 20.3 Å². The van der Waals surface area contributed by atoms with Crippen LogP contribution < -0.4 is 9.47 Å². The molecule has 3 rings (SSSR count). The summed E-state index contributed by atoms with van der Waals surface area (Å²) in [6, 6.07) is 8.56. The summed E-state index contributed by atoms with van der Waals surface area (Å²) in [6.45, 7) is 0.582. The molecule has 2 aromatic heterocycles. The zero-order valence-corrected chi connectivity index (χ0v) is 14.3. The minimum Gasteiger partial charge on any atom is -0.493 e. The van der Waals surface area contributed by atoms with Crippen molar-refractivity contribution in [3.63, 3.8) is 0 Å². The second-order valence-corrected chi connectivity index (χ2v) is 5.37. The minimum absolute atomic E-state index is 0.293. The van der Waals surface area contributed by atoms with Gasteiger partial charge in [-0.2, -0.15) is 0 Å². The molecule has 0 aliphatic rings. The lowest BCUT2D eigenvalue weighted by atomic mass is 10.2. The Labute approximate surface area is 149 Å². The summed E-state index contributed by atoms with van der Waals surface area (Å²) in [7, 11) is 3.19. The molecule has 0 N–H and O–H groups in total. The molecule has 2 heterocycles. The van der Waals surface area contributed by atoms with Crippen molar-refractivity contribution in [2.24, 2.45) is 0 Å². The number of ether oxygens (including phenoxy) is 2. The first-order valence-corrected chi connectivity index (χ1v) is 7.75. The van der Waals surface area contributed by atoms with Crippen LogP contribution in [0.15, 0.2) is 47.1 Å². The van der Waals surface area contributed by atoms with Crippen LogP contribution in [0.25, 0.3) is 12.2 Å². The maximum Gasteiger partial charge on any atom is 0.433 e. The molecule has 0 bridgehead atoms. The molecule has 26 heavy (non-hydrogen) atoms. The molecule has 0 saturated heterocycles. The maximum absolute atomic E-state index is 10.7. The Balaban J connectivity index is 1.78. The number of hydrogen-bond acceptors (Lipinski definition) is 6. The van der Waals surface area contributed by atoms with Gasteiger partial charge in [0.15, 0.2) is 11.5 Å². The Morgan fingerprint density at radius 2 is 2.00 bits per heavy atom. The van der Waals surface area contributed by atoms with E-state index in [2.05, 4.69) is 4.98 Å². The Kier molecular flexibility index (Phi) is 5.02. The molecule has 8 heteroatoms. The predicted octanol–water partition coefficient (Wildman–Crippen LogP) is 3.62. The van der Waals surface area contributed by atoms with Gasteiger partial charge in [0.2, 0.25) is 0 Å². The second kappa shape index (κ2) is 7.56. The van der Waals surface area contributed by atoms with E-state index in [0.717, 1.165) is 5.56 Å². The lowest BCUT2D eigenvalue weighted by molar-refractivity contribution is -0.402. The summed E-state index contributed by atoms with van der Waals surface area (Å²) in [4.78, 5) is 14.4. The second-order valence-electron chi connectivity index (χ2n) is 5.37. The molecule has 0 aliphatic carbocycles. The Morgan fingerprint density at radius 1 is 1.19 bits per heavy atom. The summed E-state index contributed by atoms with van der Waals surface area (Å²) >= 11 is 0. The van der Waals surface area contributed by atoms with E-state index in [1.165, 1.54) is 12.1 Å². The molecule has 0 fully saturated rings. The van der Waals surface area contributed by atoms with Crippen molar-refractivity contribution in [3.05, 3.63) is 70.0 Å². The van der Waals surface area contributed by atoms with Gasteiger partial charge in [-0.15, -0.1) is 0 Å². The first-order valence-electron chi connectivity index (χ1n) is 7.75. The fraction of sp³-hybridized carbons (Fsp3) is 0.167. The van der Waals surface area contributed by atoms with E-state index >= 15 is 0 Å². The minimum atomic E-state index is -0.574. The number of hydrogen-bond donors (Lipinski definition) is 0. The lowest BCUT2D eigenvalue weighted by Gasteiger charge is -2.10. The number of benzene rings is 1. The van der Waals surface area contributed by atoms with Crippen molar-refractivity contribution in [3.8, 4) is 11.5 Å². The lowest BCUT2D eigenvalue weighted by Crippen LogP contribution is -2.01. The number of methoxy groups -OCH3 is 2. The number of imidazole rings is 1. The molecule has 1 aromatic carbocycles. The number of aromatic nitrogens is 2. The Morgan fingerprint density at radius 3 is 2.69 bits per heavy atom. The monoisotopic (exact) mass is 355 g/mol. The van der Waals surface area contributed by atoms with Gasteiger partial charge in [0, 0.05) is 18.9 Å². The summed E-state index contributed by atoms with van der Waals surface area (Å²) < 4.78 is 17.6. The molecule has 134 valence electrons. The molecule has 0 amide bonds. The van der Waals surface area contributed by atoms with Crippen LogP contribution in [0, 0.1) is 10.1 Å². The molecule has 0 saturated carbocycles. The highest BCUT2D eigenvalue weighted by molar-refractivity contribution is 5.64. The van der Waals surface area contributed by atoms with Crippen LogP contribution in [-0.4, -0.2) is 28.7 Å². The molecule has 0 atom stereocenters. The molecule has 0 aliphatic heterocycles. The van der Waals surface area contributed by atoms with Crippen molar-refractivity contribution in [1.29, 1.82) is 0 Å². The van der Waals surface area contributed by atoms with Crippen LogP contribution in [0.2, 0.25) is 0 Å². The summed E-state index contributed by atoms with van der Waals surface area (Å²) in [6.07, 6.45) is 6.91. The standard InChI is InChI=1S/C18H17N3O5/c1-24-15-6-3-13(11-16(15)25-2)12-20-10-9-19-17(20)7-4-14-5-8-18(26-14)21(22)23/h3-11H,12H2,1-2H3. The number of nitro groups is 1. The van der Waals surface area contributed by atoms with Gasteiger partial charge in [-0.1, -0.05) is 6.07 Å². The molecule has 3 aromatic rings. The summed E-state index contributed by atoms with van der Waals surface area (Å²) in [5, 5.41) is 10.7. The van der Waals surface area contributed by atoms with Crippen LogP contribution in [0.3, 0.4) is 0 Å². The zero-order valence-electron chi connectivity index (χ0n) is 14.3. The highest BCUT2D eigenvalue weighted by Crippen LogP contribution is 2.28. The van der Waals surface area contributed by atoms with Crippen molar-refractivity contribution < 1.29 is 18.8 Å². The van der Waals surface area contributed by atoms with Gasteiger partial charge < -0.3 is 18.5 Å². The number of nitrogens with zero attached hydrogens (tertiary/aromatic N) is 3. The van der Waals surface area contributed by atoms with Gasteiger partial charge in [0.25, 0.3) is 0 Å². The van der Waals surface area contributed by atoms with Gasteiger partial charge in [-0.05, 0) is 35.9 Å². The molecular formula is C18H17N3O5. The highest BCUT2D eigenvalue weighted by Gasteiger charge is 2.10. The average molecular weight is 355 g/mol. The van der Waals surface area contributed by atoms with Gasteiger partial charge in [-0.25, -0.2) is 4.98 Å². The smallest absolute Gasteiger partial charge is 0.433 e. The fourth-order valence-corrected chi connectivity index (χ4v) is 2.48. The van der Waals surface area contributed by atoms with E-state index in [0.29, 0.717) is 29.6 Å². The first-order chi connectivity index (χ1) is 12.6. The highest BCUT2D eigenvalue weighted by atomic mass is 16.6. The first kappa shape index (κ1) is 17.3. The molecule has 8 nitrogen and oxygen atoms in total. The molecule has 0 unspecified atom stereocenters.